The average Bonchev–Trinajstić information content (AvgIpc) is 2.49. The first-order valence-electron chi connectivity index (χ1n) is 7.67. The minimum absolute atomic E-state index is 0.665. The summed E-state index contributed by atoms with van der Waals surface area (Å²) in [5, 5.41) is 3.59. The topological polar surface area (TPSA) is 15.3 Å². The molecular formula is C17H28N2. The quantitative estimate of drug-likeness (QED) is 0.864. The van der Waals surface area contributed by atoms with Gasteiger partial charge in [0.25, 0.3) is 0 Å². The fourth-order valence-corrected chi connectivity index (χ4v) is 3.03. The summed E-state index contributed by atoms with van der Waals surface area (Å²) in [5.41, 5.74) is 2.69. The van der Waals surface area contributed by atoms with Gasteiger partial charge in [0.15, 0.2) is 0 Å². The maximum Gasteiger partial charge on any atom is 0.0604 e. The lowest BCUT2D eigenvalue weighted by molar-refractivity contribution is 0.435. The average molecular weight is 260 g/mol. The van der Waals surface area contributed by atoms with Gasteiger partial charge in [0.05, 0.1) is 11.4 Å². The van der Waals surface area contributed by atoms with E-state index in [1.165, 1.54) is 24.2 Å². The minimum Gasteiger partial charge on any atom is -0.383 e. The molecule has 1 atom stereocenters. The van der Waals surface area contributed by atoms with E-state index in [1.807, 2.05) is 0 Å². The van der Waals surface area contributed by atoms with Crippen molar-refractivity contribution in [2.24, 2.45) is 11.8 Å². The molecular weight excluding hydrogens is 232 g/mol. The van der Waals surface area contributed by atoms with Gasteiger partial charge in [-0.15, -0.1) is 0 Å². The van der Waals surface area contributed by atoms with Crippen LogP contribution in [0.4, 0.5) is 11.4 Å². The SMILES string of the molecule is CC(C)CC1CCNc2ccccc2N1CC(C)C. The second kappa shape index (κ2) is 6.31. The Balaban J connectivity index is 2.30. The zero-order valence-electron chi connectivity index (χ0n) is 12.8. The summed E-state index contributed by atoms with van der Waals surface area (Å²) in [6.45, 7) is 11.5. The Bertz CT molecular complexity index is 398. The predicted molar refractivity (Wildman–Crippen MR) is 85.0 cm³/mol. The number of nitrogens with one attached hydrogen (secondary N) is 1. The molecule has 2 rings (SSSR count). The Hall–Kier alpha value is -1.18. The van der Waals surface area contributed by atoms with Gasteiger partial charge in [0.1, 0.15) is 0 Å². The molecule has 19 heavy (non-hydrogen) atoms. The molecule has 0 amide bonds. The first kappa shape index (κ1) is 14.2. The standard InChI is InChI=1S/C17H28N2/c1-13(2)11-15-9-10-18-16-7-5-6-8-17(16)19(15)12-14(3)4/h5-8,13-15,18H,9-12H2,1-4H3. The van der Waals surface area contributed by atoms with Crippen molar-refractivity contribution in [1.82, 2.24) is 0 Å². The normalized spacial score (nSPS) is 19.3. The molecule has 1 aliphatic heterocycles. The molecule has 1 unspecified atom stereocenters. The zero-order valence-corrected chi connectivity index (χ0v) is 12.8. The fourth-order valence-electron chi connectivity index (χ4n) is 3.03. The third-order valence-corrected chi connectivity index (χ3v) is 3.75. The maximum absolute atomic E-state index is 3.59. The first-order valence-corrected chi connectivity index (χ1v) is 7.67. The summed E-state index contributed by atoms with van der Waals surface area (Å²) in [5.74, 6) is 1.45. The van der Waals surface area contributed by atoms with Crippen molar-refractivity contribution in [2.75, 3.05) is 23.3 Å². The van der Waals surface area contributed by atoms with Gasteiger partial charge >= 0.3 is 0 Å². The lowest BCUT2D eigenvalue weighted by Crippen LogP contribution is -2.38. The van der Waals surface area contributed by atoms with Crippen LogP contribution in [0.3, 0.4) is 0 Å². The Morgan fingerprint density at radius 3 is 2.58 bits per heavy atom. The third kappa shape index (κ3) is 3.65. The first-order chi connectivity index (χ1) is 9.08. The summed E-state index contributed by atoms with van der Waals surface area (Å²) in [6, 6.07) is 9.43. The van der Waals surface area contributed by atoms with E-state index in [4.69, 9.17) is 0 Å². The van der Waals surface area contributed by atoms with Gasteiger partial charge in [-0.05, 0) is 36.8 Å². The van der Waals surface area contributed by atoms with E-state index < -0.39 is 0 Å². The predicted octanol–water partition coefficient (Wildman–Crippen LogP) is 4.38. The molecule has 106 valence electrons. The fraction of sp³-hybridized carbons (Fsp3) is 0.647. The van der Waals surface area contributed by atoms with Gasteiger partial charge in [-0.1, -0.05) is 39.8 Å². The molecule has 2 nitrogen and oxygen atoms in total. The van der Waals surface area contributed by atoms with E-state index in [0.29, 0.717) is 12.0 Å². The van der Waals surface area contributed by atoms with Gasteiger partial charge in [0.2, 0.25) is 0 Å². The van der Waals surface area contributed by atoms with Crippen molar-refractivity contribution in [3.05, 3.63) is 24.3 Å². The summed E-state index contributed by atoms with van der Waals surface area (Å²) in [4.78, 5) is 2.64. The van der Waals surface area contributed by atoms with E-state index in [2.05, 4.69) is 62.2 Å². The van der Waals surface area contributed by atoms with Crippen LogP contribution < -0.4 is 10.2 Å². The highest BCUT2D eigenvalue weighted by molar-refractivity contribution is 5.71. The molecule has 0 fully saturated rings. The van der Waals surface area contributed by atoms with Crippen molar-refractivity contribution in [3.63, 3.8) is 0 Å². The molecule has 0 aliphatic carbocycles. The van der Waals surface area contributed by atoms with Gasteiger partial charge in [0, 0.05) is 19.1 Å². The Labute approximate surface area is 118 Å². The summed E-state index contributed by atoms with van der Waals surface area (Å²) < 4.78 is 0. The number of nitrogens with zero attached hydrogens (tertiary/aromatic N) is 1. The summed E-state index contributed by atoms with van der Waals surface area (Å²) >= 11 is 0. The number of hydrogen-bond donors (Lipinski definition) is 1. The zero-order chi connectivity index (χ0) is 13.8. The number of rotatable bonds is 4. The lowest BCUT2D eigenvalue weighted by Gasteiger charge is -2.35. The van der Waals surface area contributed by atoms with E-state index in [9.17, 15) is 0 Å². The molecule has 0 radical (unpaired) electrons. The molecule has 1 heterocycles. The van der Waals surface area contributed by atoms with Crippen LogP contribution in [0.2, 0.25) is 0 Å². The van der Waals surface area contributed by atoms with Crippen LogP contribution in [0.25, 0.3) is 0 Å². The monoisotopic (exact) mass is 260 g/mol. The van der Waals surface area contributed by atoms with Crippen LogP contribution in [0.5, 0.6) is 0 Å². The maximum atomic E-state index is 3.59. The Morgan fingerprint density at radius 1 is 1.16 bits per heavy atom. The molecule has 1 aromatic rings. The van der Waals surface area contributed by atoms with Crippen LogP contribution in [0.1, 0.15) is 40.5 Å². The highest BCUT2D eigenvalue weighted by atomic mass is 15.2. The van der Waals surface area contributed by atoms with Crippen LogP contribution in [-0.4, -0.2) is 19.1 Å². The lowest BCUT2D eigenvalue weighted by atomic mass is 9.98. The van der Waals surface area contributed by atoms with E-state index in [-0.39, 0.29) is 0 Å². The van der Waals surface area contributed by atoms with E-state index >= 15 is 0 Å². The molecule has 0 aromatic heterocycles. The molecule has 1 N–H and O–H groups in total. The van der Waals surface area contributed by atoms with Crippen molar-refractivity contribution in [3.8, 4) is 0 Å². The minimum atomic E-state index is 0.665. The third-order valence-electron chi connectivity index (χ3n) is 3.75. The van der Waals surface area contributed by atoms with E-state index in [0.717, 1.165) is 19.0 Å². The summed E-state index contributed by atoms with van der Waals surface area (Å²) in [7, 11) is 0. The van der Waals surface area contributed by atoms with Gasteiger partial charge in [-0.25, -0.2) is 0 Å². The number of fused-ring (bicyclic) bond motifs is 1. The van der Waals surface area contributed by atoms with Crippen LogP contribution in [-0.2, 0) is 0 Å². The Kier molecular flexibility index (Phi) is 4.73. The molecule has 1 aromatic carbocycles. The number of benzene rings is 1. The molecule has 2 heteroatoms. The van der Waals surface area contributed by atoms with Crippen molar-refractivity contribution >= 4 is 11.4 Å². The van der Waals surface area contributed by atoms with Crippen molar-refractivity contribution < 1.29 is 0 Å². The number of anilines is 2. The highest BCUT2D eigenvalue weighted by Gasteiger charge is 2.25. The molecule has 1 aliphatic rings. The molecule has 0 saturated heterocycles. The second-order valence-corrected chi connectivity index (χ2v) is 6.56. The van der Waals surface area contributed by atoms with Crippen LogP contribution in [0, 0.1) is 11.8 Å². The van der Waals surface area contributed by atoms with Crippen LogP contribution in [0.15, 0.2) is 24.3 Å². The number of hydrogen-bond acceptors (Lipinski definition) is 2. The molecule has 0 bridgehead atoms. The molecule has 0 saturated carbocycles. The Morgan fingerprint density at radius 2 is 1.89 bits per heavy atom. The number of para-hydroxylation sites is 2. The smallest absolute Gasteiger partial charge is 0.0604 e. The molecule has 0 spiro atoms. The highest BCUT2D eigenvalue weighted by Crippen LogP contribution is 2.33. The van der Waals surface area contributed by atoms with Gasteiger partial charge in [-0.2, -0.15) is 0 Å². The largest absolute Gasteiger partial charge is 0.383 e. The second-order valence-electron chi connectivity index (χ2n) is 6.56. The van der Waals surface area contributed by atoms with Crippen LogP contribution >= 0.6 is 0 Å². The van der Waals surface area contributed by atoms with Crippen molar-refractivity contribution in [1.29, 1.82) is 0 Å². The van der Waals surface area contributed by atoms with E-state index in [1.54, 1.807) is 0 Å². The van der Waals surface area contributed by atoms with Crippen molar-refractivity contribution in [2.45, 2.75) is 46.6 Å². The van der Waals surface area contributed by atoms with Gasteiger partial charge < -0.3 is 10.2 Å². The van der Waals surface area contributed by atoms with Gasteiger partial charge in [-0.3, -0.25) is 0 Å². The summed E-state index contributed by atoms with van der Waals surface area (Å²) in [6.07, 6.45) is 2.52.